The molecule has 0 aliphatic carbocycles. The number of aromatic nitrogens is 3. The van der Waals surface area contributed by atoms with Gasteiger partial charge in [0, 0.05) is 25.2 Å². The Morgan fingerprint density at radius 3 is 2.67 bits per heavy atom. The van der Waals surface area contributed by atoms with Gasteiger partial charge in [0.25, 0.3) is 0 Å². The lowest BCUT2D eigenvalue weighted by atomic mass is 9.97. The third-order valence-electron chi connectivity index (χ3n) is 5.72. The van der Waals surface area contributed by atoms with Crippen LogP contribution in [0.3, 0.4) is 0 Å². The van der Waals surface area contributed by atoms with Crippen LogP contribution in [0.15, 0.2) is 30.7 Å². The Balaban J connectivity index is 1.52. The molecule has 1 aliphatic heterocycles. The molecule has 172 valence electrons. The highest BCUT2D eigenvalue weighted by Crippen LogP contribution is 2.34. The second kappa shape index (κ2) is 8.99. The standard InChI is InChI=1S/C24H25ClFN5O2/c1-24(2,3)33-23(32)30-8-6-15(7-9-30)13-31-14-29-21-19(31)12-28-22(25)20(21)16-4-5-17(11-27)18(26)10-16/h4-5,10,12,14-15H,6-9,13H2,1-3H3. The van der Waals surface area contributed by atoms with Crippen molar-refractivity contribution >= 4 is 28.7 Å². The first kappa shape index (κ1) is 23.0. The molecule has 1 aromatic carbocycles. The topological polar surface area (TPSA) is 84.0 Å². The van der Waals surface area contributed by atoms with E-state index >= 15 is 0 Å². The van der Waals surface area contributed by atoms with Crippen LogP contribution in [0.4, 0.5) is 9.18 Å². The van der Waals surface area contributed by atoms with Gasteiger partial charge in [-0.05, 0) is 57.2 Å². The Kier molecular flexibility index (Phi) is 6.26. The molecule has 1 aliphatic rings. The Morgan fingerprint density at radius 1 is 1.30 bits per heavy atom. The first-order valence-corrected chi connectivity index (χ1v) is 11.2. The minimum absolute atomic E-state index is 0.0294. The van der Waals surface area contributed by atoms with Crippen molar-refractivity contribution in [2.75, 3.05) is 13.1 Å². The number of fused-ring (bicyclic) bond motifs is 1. The van der Waals surface area contributed by atoms with Crippen molar-refractivity contribution in [3.63, 3.8) is 0 Å². The van der Waals surface area contributed by atoms with E-state index in [1.165, 1.54) is 12.1 Å². The molecule has 4 rings (SSSR count). The molecule has 2 aromatic heterocycles. The van der Waals surface area contributed by atoms with Crippen molar-refractivity contribution in [3.8, 4) is 17.2 Å². The third-order valence-corrected chi connectivity index (χ3v) is 6.01. The molecule has 0 spiro atoms. The SMILES string of the molecule is CC(C)(C)OC(=O)N1CCC(Cn2cnc3c(-c4ccc(C#N)c(F)c4)c(Cl)ncc32)CC1. The predicted molar refractivity (Wildman–Crippen MR) is 123 cm³/mol. The van der Waals surface area contributed by atoms with Crippen molar-refractivity contribution < 1.29 is 13.9 Å². The zero-order valence-electron chi connectivity index (χ0n) is 18.8. The lowest BCUT2D eigenvalue weighted by Crippen LogP contribution is -2.42. The Hall–Kier alpha value is -3.18. The molecule has 1 saturated heterocycles. The number of nitrogens with zero attached hydrogens (tertiary/aromatic N) is 5. The van der Waals surface area contributed by atoms with E-state index in [0.29, 0.717) is 35.7 Å². The molecule has 33 heavy (non-hydrogen) atoms. The van der Waals surface area contributed by atoms with Crippen LogP contribution >= 0.6 is 11.6 Å². The summed E-state index contributed by atoms with van der Waals surface area (Å²) in [6.07, 6.45) is 4.85. The van der Waals surface area contributed by atoms with E-state index in [-0.39, 0.29) is 16.8 Å². The Labute approximate surface area is 196 Å². The van der Waals surface area contributed by atoms with Gasteiger partial charge in [-0.3, -0.25) is 0 Å². The fourth-order valence-electron chi connectivity index (χ4n) is 4.07. The smallest absolute Gasteiger partial charge is 0.410 e. The maximum Gasteiger partial charge on any atom is 0.410 e. The molecular formula is C24H25ClFN5O2. The molecule has 1 amide bonds. The van der Waals surface area contributed by atoms with Gasteiger partial charge in [0.05, 0.1) is 23.6 Å². The largest absolute Gasteiger partial charge is 0.444 e. The van der Waals surface area contributed by atoms with Crippen LogP contribution in [0.2, 0.25) is 5.15 Å². The summed E-state index contributed by atoms with van der Waals surface area (Å²) >= 11 is 6.36. The number of carbonyl (C=O) groups excluding carboxylic acids is 1. The number of imidazole rings is 1. The average molecular weight is 470 g/mol. The van der Waals surface area contributed by atoms with Gasteiger partial charge in [-0.1, -0.05) is 17.7 Å². The number of halogens is 2. The first-order chi connectivity index (χ1) is 15.7. The molecule has 3 heterocycles. The number of piperidine rings is 1. The fourth-order valence-corrected chi connectivity index (χ4v) is 4.31. The number of carbonyl (C=O) groups is 1. The molecule has 0 saturated carbocycles. The van der Waals surface area contributed by atoms with Gasteiger partial charge in [0.15, 0.2) is 0 Å². The first-order valence-electron chi connectivity index (χ1n) is 10.8. The highest BCUT2D eigenvalue weighted by Gasteiger charge is 2.27. The summed E-state index contributed by atoms with van der Waals surface area (Å²) in [5.74, 6) is -0.244. The van der Waals surface area contributed by atoms with Crippen LogP contribution in [0, 0.1) is 23.1 Å². The zero-order valence-corrected chi connectivity index (χ0v) is 19.6. The van der Waals surface area contributed by atoms with E-state index in [1.807, 2.05) is 31.4 Å². The minimum Gasteiger partial charge on any atom is -0.444 e. The third kappa shape index (κ3) is 4.93. The molecular weight excluding hydrogens is 445 g/mol. The zero-order chi connectivity index (χ0) is 23.8. The molecule has 0 N–H and O–H groups in total. The highest BCUT2D eigenvalue weighted by molar-refractivity contribution is 6.33. The average Bonchev–Trinajstić information content (AvgIpc) is 3.15. The summed E-state index contributed by atoms with van der Waals surface area (Å²) in [6, 6.07) is 6.18. The molecule has 3 aromatic rings. The van der Waals surface area contributed by atoms with Gasteiger partial charge in [0.2, 0.25) is 0 Å². The number of benzene rings is 1. The number of nitriles is 1. The van der Waals surface area contributed by atoms with E-state index in [9.17, 15) is 9.18 Å². The molecule has 7 nitrogen and oxygen atoms in total. The summed E-state index contributed by atoms with van der Waals surface area (Å²) in [7, 11) is 0. The van der Waals surface area contributed by atoms with Crippen LogP contribution in [0.1, 0.15) is 39.2 Å². The number of likely N-dealkylation sites (tertiary alicyclic amines) is 1. The van der Waals surface area contributed by atoms with Crippen molar-refractivity contribution in [3.05, 3.63) is 47.3 Å². The van der Waals surface area contributed by atoms with E-state index < -0.39 is 11.4 Å². The van der Waals surface area contributed by atoms with Gasteiger partial charge >= 0.3 is 6.09 Å². The number of rotatable bonds is 3. The van der Waals surface area contributed by atoms with Crippen molar-refractivity contribution in [1.29, 1.82) is 5.26 Å². The van der Waals surface area contributed by atoms with Gasteiger partial charge in [-0.2, -0.15) is 5.26 Å². The molecule has 0 radical (unpaired) electrons. The Morgan fingerprint density at radius 2 is 2.03 bits per heavy atom. The number of pyridine rings is 1. The number of ether oxygens (including phenoxy) is 1. The lowest BCUT2D eigenvalue weighted by Gasteiger charge is -2.33. The Bertz CT molecular complexity index is 1240. The molecule has 9 heteroatoms. The van der Waals surface area contributed by atoms with Gasteiger partial charge < -0.3 is 14.2 Å². The highest BCUT2D eigenvalue weighted by atomic mass is 35.5. The van der Waals surface area contributed by atoms with Crippen LogP contribution in [-0.4, -0.2) is 44.2 Å². The summed E-state index contributed by atoms with van der Waals surface area (Å²) in [6.45, 7) is 7.61. The summed E-state index contributed by atoms with van der Waals surface area (Å²) < 4.78 is 21.7. The van der Waals surface area contributed by atoms with Gasteiger partial charge in [-0.25, -0.2) is 19.2 Å². The predicted octanol–water partition coefficient (Wildman–Crippen LogP) is 5.41. The van der Waals surface area contributed by atoms with Crippen molar-refractivity contribution in [1.82, 2.24) is 19.4 Å². The van der Waals surface area contributed by atoms with Crippen LogP contribution in [-0.2, 0) is 11.3 Å². The van der Waals surface area contributed by atoms with Crippen LogP contribution < -0.4 is 0 Å². The maximum atomic E-state index is 14.2. The minimum atomic E-state index is -0.612. The number of hydrogen-bond donors (Lipinski definition) is 0. The second-order valence-corrected chi connectivity index (χ2v) is 9.63. The molecule has 0 bridgehead atoms. The summed E-state index contributed by atoms with van der Waals surface area (Å²) in [4.78, 5) is 22.9. The molecule has 0 unspecified atom stereocenters. The van der Waals surface area contributed by atoms with Crippen LogP contribution in [0.5, 0.6) is 0 Å². The summed E-state index contributed by atoms with van der Waals surface area (Å²) in [5.41, 5.74) is 1.95. The van der Waals surface area contributed by atoms with Gasteiger partial charge in [-0.15, -0.1) is 0 Å². The van der Waals surface area contributed by atoms with Crippen molar-refractivity contribution in [2.24, 2.45) is 5.92 Å². The van der Waals surface area contributed by atoms with E-state index in [1.54, 1.807) is 23.5 Å². The number of hydrogen-bond acceptors (Lipinski definition) is 5. The van der Waals surface area contributed by atoms with Crippen LogP contribution in [0.25, 0.3) is 22.2 Å². The summed E-state index contributed by atoms with van der Waals surface area (Å²) in [5, 5.41) is 9.21. The van der Waals surface area contributed by atoms with E-state index in [2.05, 4.69) is 9.97 Å². The van der Waals surface area contributed by atoms with Gasteiger partial charge in [0.1, 0.15) is 28.2 Å². The number of amides is 1. The van der Waals surface area contributed by atoms with E-state index in [4.69, 9.17) is 21.6 Å². The molecule has 0 atom stereocenters. The fraction of sp³-hybridized carbons (Fsp3) is 0.417. The monoisotopic (exact) mass is 469 g/mol. The molecule has 1 fully saturated rings. The quantitative estimate of drug-likeness (QED) is 0.479. The lowest BCUT2D eigenvalue weighted by molar-refractivity contribution is 0.0178. The van der Waals surface area contributed by atoms with E-state index in [0.717, 1.165) is 24.9 Å². The second-order valence-electron chi connectivity index (χ2n) is 9.27. The normalized spacial score (nSPS) is 15.0. The van der Waals surface area contributed by atoms with Crippen molar-refractivity contribution in [2.45, 2.75) is 45.8 Å². The maximum absolute atomic E-state index is 14.2.